The third kappa shape index (κ3) is 4.15. The van der Waals surface area contributed by atoms with Crippen LogP contribution in [0.3, 0.4) is 0 Å². The van der Waals surface area contributed by atoms with Gasteiger partial charge in [0.15, 0.2) is 11.5 Å². The highest BCUT2D eigenvalue weighted by molar-refractivity contribution is 6.31. The van der Waals surface area contributed by atoms with Crippen LogP contribution in [0.25, 0.3) is 5.69 Å². The molecule has 156 valence electrons. The molecule has 0 aliphatic rings. The Balaban J connectivity index is 1.87. The van der Waals surface area contributed by atoms with Crippen molar-refractivity contribution in [1.29, 1.82) is 0 Å². The molecule has 0 atom stereocenters. The monoisotopic (exact) mass is 430 g/mol. The Kier molecular flexibility index (Phi) is 6.43. The molecule has 0 fully saturated rings. The number of imidazole rings is 1. The lowest BCUT2D eigenvalue weighted by atomic mass is 10.1. The van der Waals surface area contributed by atoms with Gasteiger partial charge < -0.3 is 14.2 Å². The highest BCUT2D eigenvalue weighted by atomic mass is 35.5. The van der Waals surface area contributed by atoms with E-state index in [2.05, 4.69) is 15.5 Å². The van der Waals surface area contributed by atoms with Crippen LogP contribution in [0.2, 0.25) is 5.15 Å². The van der Waals surface area contributed by atoms with Crippen molar-refractivity contribution >= 4 is 23.7 Å². The lowest BCUT2D eigenvalue weighted by molar-refractivity contribution is 0.0954. The first-order valence-corrected chi connectivity index (χ1v) is 9.07. The molecule has 30 heavy (non-hydrogen) atoms. The zero-order valence-corrected chi connectivity index (χ0v) is 17.2. The highest BCUT2D eigenvalue weighted by Gasteiger charge is 2.17. The summed E-state index contributed by atoms with van der Waals surface area (Å²) in [5.74, 6) is 0.506. The summed E-state index contributed by atoms with van der Waals surface area (Å²) in [7, 11) is 4.37. The summed E-state index contributed by atoms with van der Waals surface area (Å²) < 4.78 is 17.1. The van der Waals surface area contributed by atoms with Crippen LogP contribution in [-0.2, 0) is 0 Å². The largest absolute Gasteiger partial charge is 0.493 e. The van der Waals surface area contributed by atoms with Crippen molar-refractivity contribution in [3.8, 4) is 22.9 Å². The number of amides is 1. The van der Waals surface area contributed by atoms with Crippen LogP contribution in [0.15, 0.2) is 52.4 Å². The van der Waals surface area contributed by atoms with Crippen molar-refractivity contribution in [3.05, 3.63) is 69.4 Å². The fourth-order valence-corrected chi connectivity index (χ4v) is 3.01. The molecule has 0 bridgehead atoms. The van der Waals surface area contributed by atoms with E-state index in [0.29, 0.717) is 22.9 Å². The van der Waals surface area contributed by atoms with E-state index in [-0.39, 0.29) is 16.4 Å². The summed E-state index contributed by atoms with van der Waals surface area (Å²) in [6.07, 6.45) is 1.28. The standard InChI is InChI=1S/C20H19ClN4O5/c1-28-15-9-12(10-16(29-2)17(15)30-3)19(26)24-22-11-14-18(21)23-20(27)25(14)13-7-5-4-6-8-13/h4-11H,1-3H3,(H,23,27)(H,24,26)/b22-11-. The second-order valence-corrected chi connectivity index (χ2v) is 6.29. The third-order valence-corrected chi connectivity index (χ3v) is 4.47. The average molecular weight is 431 g/mol. The van der Waals surface area contributed by atoms with Crippen LogP contribution >= 0.6 is 11.6 Å². The number of benzene rings is 2. The number of aromatic nitrogens is 2. The van der Waals surface area contributed by atoms with Crippen LogP contribution in [0, 0.1) is 0 Å². The van der Waals surface area contributed by atoms with Crippen molar-refractivity contribution in [1.82, 2.24) is 15.0 Å². The first-order valence-electron chi connectivity index (χ1n) is 8.69. The van der Waals surface area contributed by atoms with Crippen molar-refractivity contribution in [3.63, 3.8) is 0 Å². The Morgan fingerprint density at radius 3 is 2.30 bits per heavy atom. The average Bonchev–Trinajstić information content (AvgIpc) is 3.05. The fourth-order valence-electron chi connectivity index (χ4n) is 2.80. The van der Waals surface area contributed by atoms with Crippen LogP contribution in [0.1, 0.15) is 16.1 Å². The Labute approximate surface area is 176 Å². The second-order valence-electron chi connectivity index (χ2n) is 5.91. The van der Waals surface area contributed by atoms with E-state index < -0.39 is 11.6 Å². The summed E-state index contributed by atoms with van der Waals surface area (Å²) in [5.41, 5.74) is 3.09. The molecular weight excluding hydrogens is 412 g/mol. The van der Waals surface area contributed by atoms with Gasteiger partial charge in [0.25, 0.3) is 5.91 Å². The number of carbonyl (C=O) groups excluding carboxylic acids is 1. The highest BCUT2D eigenvalue weighted by Crippen LogP contribution is 2.38. The molecule has 2 N–H and O–H groups in total. The van der Waals surface area contributed by atoms with Crippen LogP contribution in [-0.4, -0.2) is 43.0 Å². The van der Waals surface area contributed by atoms with Gasteiger partial charge in [0.2, 0.25) is 5.75 Å². The molecule has 0 aliphatic heterocycles. The van der Waals surface area contributed by atoms with Gasteiger partial charge in [0, 0.05) is 5.56 Å². The number of aromatic amines is 1. The second kappa shape index (κ2) is 9.19. The number of nitrogens with zero attached hydrogens (tertiary/aromatic N) is 2. The molecule has 0 spiro atoms. The van der Waals surface area contributed by atoms with Gasteiger partial charge in [0.05, 0.1) is 33.2 Å². The van der Waals surface area contributed by atoms with Crippen molar-refractivity contribution in [2.45, 2.75) is 0 Å². The van der Waals surface area contributed by atoms with E-state index in [9.17, 15) is 9.59 Å². The first kappa shape index (κ1) is 21.0. The van der Waals surface area contributed by atoms with Crippen molar-refractivity contribution < 1.29 is 19.0 Å². The van der Waals surface area contributed by atoms with Crippen LogP contribution < -0.4 is 25.3 Å². The lowest BCUT2D eigenvalue weighted by Gasteiger charge is -2.13. The normalized spacial score (nSPS) is 10.8. The van der Waals surface area contributed by atoms with Gasteiger partial charge in [-0.1, -0.05) is 29.8 Å². The number of carbonyl (C=O) groups is 1. The molecule has 0 saturated heterocycles. The number of halogens is 1. The number of nitrogens with one attached hydrogen (secondary N) is 2. The first-order chi connectivity index (χ1) is 14.5. The molecule has 0 unspecified atom stereocenters. The molecule has 0 radical (unpaired) electrons. The molecule has 3 rings (SSSR count). The maximum Gasteiger partial charge on any atom is 0.331 e. The summed E-state index contributed by atoms with van der Waals surface area (Å²) in [6.45, 7) is 0. The fraction of sp³-hybridized carbons (Fsp3) is 0.150. The summed E-state index contributed by atoms with van der Waals surface area (Å²) in [6, 6.07) is 11.9. The molecule has 1 amide bonds. The SMILES string of the molecule is COc1cc(C(=O)N/N=C\c2c(Cl)[nH]c(=O)n2-c2ccccc2)cc(OC)c1OC. The topological polar surface area (TPSA) is 107 Å². The van der Waals surface area contributed by atoms with E-state index in [0.717, 1.165) is 0 Å². The number of rotatable bonds is 7. The van der Waals surface area contributed by atoms with Gasteiger partial charge in [-0.05, 0) is 24.3 Å². The Morgan fingerprint density at radius 2 is 1.73 bits per heavy atom. The van der Waals surface area contributed by atoms with Gasteiger partial charge in [-0.25, -0.2) is 10.2 Å². The van der Waals surface area contributed by atoms with Crippen LogP contribution in [0.5, 0.6) is 17.2 Å². The molecule has 0 saturated carbocycles. The number of hydrazone groups is 1. The number of para-hydroxylation sites is 1. The zero-order valence-electron chi connectivity index (χ0n) is 16.4. The summed E-state index contributed by atoms with van der Waals surface area (Å²) >= 11 is 6.12. The molecule has 0 aliphatic carbocycles. The van der Waals surface area contributed by atoms with Crippen LogP contribution in [0.4, 0.5) is 0 Å². The van der Waals surface area contributed by atoms with Gasteiger partial charge in [-0.15, -0.1) is 0 Å². The predicted molar refractivity (Wildman–Crippen MR) is 113 cm³/mol. The van der Waals surface area contributed by atoms with E-state index >= 15 is 0 Å². The Bertz CT molecular complexity index is 1110. The lowest BCUT2D eigenvalue weighted by Crippen LogP contribution is -2.19. The maximum atomic E-state index is 12.5. The minimum Gasteiger partial charge on any atom is -0.493 e. The third-order valence-electron chi connectivity index (χ3n) is 4.18. The minimum absolute atomic E-state index is 0.0923. The van der Waals surface area contributed by atoms with Gasteiger partial charge in [-0.2, -0.15) is 5.10 Å². The molecule has 3 aromatic rings. The quantitative estimate of drug-likeness (QED) is 0.442. The van der Waals surface area contributed by atoms with Crippen molar-refractivity contribution in [2.75, 3.05) is 21.3 Å². The molecule has 10 heteroatoms. The molecule has 1 heterocycles. The van der Waals surface area contributed by atoms with Gasteiger partial charge in [0.1, 0.15) is 10.8 Å². The Morgan fingerprint density at radius 1 is 1.10 bits per heavy atom. The smallest absolute Gasteiger partial charge is 0.331 e. The predicted octanol–water partition coefficient (Wildman–Crippen LogP) is 2.61. The van der Waals surface area contributed by atoms with E-state index in [1.807, 2.05) is 6.07 Å². The molecule has 9 nitrogen and oxygen atoms in total. The molecular formula is C20H19ClN4O5. The number of hydrogen-bond donors (Lipinski definition) is 2. The number of hydrogen-bond acceptors (Lipinski definition) is 6. The minimum atomic E-state index is -0.522. The van der Waals surface area contributed by atoms with E-state index in [4.69, 9.17) is 25.8 Å². The number of H-pyrrole nitrogens is 1. The van der Waals surface area contributed by atoms with Crippen molar-refractivity contribution in [2.24, 2.45) is 5.10 Å². The van der Waals surface area contributed by atoms with Gasteiger partial charge in [-0.3, -0.25) is 14.3 Å². The van der Waals surface area contributed by atoms with E-state index in [1.165, 1.54) is 44.2 Å². The summed E-state index contributed by atoms with van der Waals surface area (Å²) in [5, 5.41) is 4.02. The maximum absolute atomic E-state index is 12.5. The summed E-state index contributed by atoms with van der Waals surface area (Å²) in [4.78, 5) is 27.3. The molecule has 1 aromatic heterocycles. The van der Waals surface area contributed by atoms with Gasteiger partial charge >= 0.3 is 5.69 Å². The Hall–Kier alpha value is -3.72. The number of ether oxygens (including phenoxy) is 3. The zero-order chi connectivity index (χ0) is 21.7. The number of methoxy groups -OCH3 is 3. The molecule has 2 aromatic carbocycles. The van der Waals surface area contributed by atoms with E-state index in [1.54, 1.807) is 24.3 Å².